The zero-order chi connectivity index (χ0) is 16.0. The Labute approximate surface area is 122 Å². The van der Waals surface area contributed by atoms with Gasteiger partial charge in [0.15, 0.2) is 5.69 Å². The SMILES string of the molecule is CCC(O)(CC)CNc1nc(C(=O)OC)ccc1[N+](=O)[O-]. The molecule has 0 atom stereocenters. The molecule has 0 saturated heterocycles. The Balaban J connectivity index is 3.07. The van der Waals surface area contributed by atoms with Crippen molar-refractivity contribution in [2.24, 2.45) is 0 Å². The van der Waals surface area contributed by atoms with Crippen molar-refractivity contribution in [1.82, 2.24) is 4.98 Å². The minimum atomic E-state index is -0.989. The molecule has 0 spiro atoms. The minimum absolute atomic E-state index is 0.0397. The van der Waals surface area contributed by atoms with E-state index in [9.17, 15) is 20.0 Å². The maximum Gasteiger partial charge on any atom is 0.356 e. The summed E-state index contributed by atoms with van der Waals surface area (Å²) in [5.74, 6) is -0.752. The molecule has 1 heterocycles. The van der Waals surface area contributed by atoms with Gasteiger partial charge >= 0.3 is 11.7 Å². The number of aromatic nitrogens is 1. The molecule has 0 radical (unpaired) electrons. The van der Waals surface area contributed by atoms with Crippen molar-refractivity contribution in [2.45, 2.75) is 32.3 Å². The van der Waals surface area contributed by atoms with Gasteiger partial charge in [-0.25, -0.2) is 9.78 Å². The number of hydrogen-bond acceptors (Lipinski definition) is 7. The zero-order valence-electron chi connectivity index (χ0n) is 12.3. The normalized spacial score (nSPS) is 11.0. The number of rotatable bonds is 7. The smallest absolute Gasteiger partial charge is 0.356 e. The zero-order valence-corrected chi connectivity index (χ0v) is 12.3. The van der Waals surface area contributed by atoms with Crippen molar-refractivity contribution >= 4 is 17.5 Å². The van der Waals surface area contributed by atoms with Crippen LogP contribution in [0.4, 0.5) is 11.5 Å². The summed E-state index contributed by atoms with van der Waals surface area (Å²) < 4.78 is 4.53. The van der Waals surface area contributed by atoms with Gasteiger partial charge in [-0.1, -0.05) is 13.8 Å². The highest BCUT2D eigenvalue weighted by molar-refractivity contribution is 5.88. The maximum atomic E-state index is 11.4. The number of carbonyl (C=O) groups is 1. The Morgan fingerprint density at radius 2 is 2.10 bits per heavy atom. The Bertz CT molecular complexity index is 529. The van der Waals surface area contributed by atoms with Crippen LogP contribution in [0.25, 0.3) is 0 Å². The third-order valence-corrected chi connectivity index (χ3v) is 3.37. The number of carbonyl (C=O) groups excluding carboxylic acids is 1. The van der Waals surface area contributed by atoms with Crippen molar-refractivity contribution in [3.05, 3.63) is 27.9 Å². The van der Waals surface area contributed by atoms with Crippen LogP contribution in [-0.4, -0.2) is 40.2 Å². The van der Waals surface area contributed by atoms with E-state index in [1.54, 1.807) is 0 Å². The molecule has 0 bridgehead atoms. The molecule has 21 heavy (non-hydrogen) atoms. The second-order valence-electron chi connectivity index (χ2n) is 4.60. The summed E-state index contributed by atoms with van der Waals surface area (Å²) in [6, 6.07) is 2.40. The largest absolute Gasteiger partial charge is 0.464 e. The number of ether oxygens (including phenoxy) is 1. The van der Waals surface area contributed by atoms with Crippen LogP contribution < -0.4 is 5.32 Å². The topological polar surface area (TPSA) is 115 Å². The number of aliphatic hydroxyl groups is 1. The van der Waals surface area contributed by atoms with E-state index in [0.717, 1.165) is 0 Å². The Kier molecular flexibility index (Phi) is 5.60. The van der Waals surface area contributed by atoms with Crippen LogP contribution in [-0.2, 0) is 4.74 Å². The van der Waals surface area contributed by atoms with Crippen LogP contribution in [0.3, 0.4) is 0 Å². The highest BCUT2D eigenvalue weighted by Crippen LogP contribution is 2.24. The van der Waals surface area contributed by atoms with E-state index in [0.29, 0.717) is 12.8 Å². The predicted octanol–water partition coefficient (Wildman–Crippen LogP) is 1.74. The second kappa shape index (κ2) is 6.98. The molecule has 8 nitrogen and oxygen atoms in total. The lowest BCUT2D eigenvalue weighted by molar-refractivity contribution is -0.384. The number of nitrogens with one attached hydrogen (secondary N) is 1. The summed E-state index contributed by atoms with van der Waals surface area (Å²) in [4.78, 5) is 25.7. The van der Waals surface area contributed by atoms with Crippen LogP contribution in [0, 0.1) is 10.1 Å². The number of esters is 1. The number of nitrogens with zero attached hydrogens (tertiary/aromatic N) is 2. The lowest BCUT2D eigenvalue weighted by Crippen LogP contribution is -2.35. The van der Waals surface area contributed by atoms with Crippen molar-refractivity contribution in [3.63, 3.8) is 0 Å². The van der Waals surface area contributed by atoms with E-state index in [2.05, 4.69) is 15.0 Å². The quantitative estimate of drug-likeness (QED) is 0.447. The van der Waals surface area contributed by atoms with Crippen LogP contribution in [0.2, 0.25) is 0 Å². The van der Waals surface area contributed by atoms with E-state index in [-0.39, 0.29) is 23.7 Å². The van der Waals surface area contributed by atoms with Crippen LogP contribution in [0.5, 0.6) is 0 Å². The predicted molar refractivity (Wildman–Crippen MR) is 76.3 cm³/mol. The van der Waals surface area contributed by atoms with E-state index in [4.69, 9.17) is 0 Å². The molecule has 0 aliphatic heterocycles. The van der Waals surface area contributed by atoms with Gasteiger partial charge in [-0.15, -0.1) is 0 Å². The third kappa shape index (κ3) is 4.12. The van der Waals surface area contributed by atoms with Crippen molar-refractivity contribution in [1.29, 1.82) is 0 Å². The molecule has 2 N–H and O–H groups in total. The molecule has 1 aromatic heterocycles. The van der Waals surface area contributed by atoms with Gasteiger partial charge in [-0.2, -0.15) is 0 Å². The molecular formula is C13H19N3O5. The first kappa shape index (κ1) is 16.8. The summed E-state index contributed by atoms with van der Waals surface area (Å²) in [5, 5.41) is 23.9. The molecular weight excluding hydrogens is 278 g/mol. The molecule has 116 valence electrons. The van der Waals surface area contributed by atoms with Gasteiger partial charge in [0.2, 0.25) is 5.82 Å². The van der Waals surface area contributed by atoms with Gasteiger partial charge in [-0.3, -0.25) is 10.1 Å². The first-order valence-electron chi connectivity index (χ1n) is 6.57. The standard InChI is InChI=1S/C13H19N3O5/c1-4-13(18,5-2)8-14-11-10(16(19)20)7-6-9(15-11)12(17)21-3/h6-7,18H,4-5,8H2,1-3H3,(H,14,15). The summed E-state index contributed by atoms with van der Waals surface area (Å²) in [5.41, 5.74) is -1.30. The molecule has 8 heteroatoms. The fourth-order valence-electron chi connectivity index (χ4n) is 1.70. The Hall–Kier alpha value is -2.22. The molecule has 0 aliphatic rings. The molecule has 0 aromatic carbocycles. The number of pyridine rings is 1. The first-order valence-corrected chi connectivity index (χ1v) is 6.57. The van der Waals surface area contributed by atoms with Crippen molar-refractivity contribution in [2.75, 3.05) is 19.0 Å². The average Bonchev–Trinajstić information content (AvgIpc) is 2.51. The Morgan fingerprint density at radius 1 is 1.48 bits per heavy atom. The summed E-state index contributed by atoms with van der Waals surface area (Å²) in [7, 11) is 1.20. The molecule has 0 fully saturated rings. The van der Waals surface area contributed by atoms with E-state index in [1.165, 1.54) is 19.2 Å². The van der Waals surface area contributed by atoms with Gasteiger partial charge < -0.3 is 15.2 Å². The first-order chi connectivity index (χ1) is 9.86. The Morgan fingerprint density at radius 3 is 2.57 bits per heavy atom. The van der Waals surface area contributed by atoms with E-state index >= 15 is 0 Å². The molecule has 0 saturated carbocycles. The van der Waals surface area contributed by atoms with Crippen LogP contribution >= 0.6 is 0 Å². The number of anilines is 1. The fraction of sp³-hybridized carbons (Fsp3) is 0.538. The molecule has 1 rings (SSSR count). The number of hydrogen-bond donors (Lipinski definition) is 2. The summed E-state index contributed by atoms with van der Waals surface area (Å²) in [6.07, 6.45) is 0.974. The average molecular weight is 297 g/mol. The lowest BCUT2D eigenvalue weighted by atomic mass is 9.98. The lowest BCUT2D eigenvalue weighted by Gasteiger charge is -2.25. The monoisotopic (exact) mass is 297 g/mol. The molecule has 0 amide bonds. The highest BCUT2D eigenvalue weighted by Gasteiger charge is 2.25. The van der Waals surface area contributed by atoms with Crippen molar-refractivity contribution < 1.29 is 19.6 Å². The van der Waals surface area contributed by atoms with E-state index in [1.807, 2.05) is 13.8 Å². The number of nitro groups is 1. The number of methoxy groups -OCH3 is 1. The highest BCUT2D eigenvalue weighted by atomic mass is 16.6. The van der Waals surface area contributed by atoms with Gasteiger partial charge in [0, 0.05) is 12.6 Å². The van der Waals surface area contributed by atoms with Gasteiger partial charge in [0.05, 0.1) is 17.6 Å². The van der Waals surface area contributed by atoms with Gasteiger partial charge in [0.25, 0.3) is 0 Å². The van der Waals surface area contributed by atoms with E-state index < -0.39 is 16.5 Å². The molecule has 0 unspecified atom stereocenters. The molecule has 0 aliphatic carbocycles. The van der Waals surface area contributed by atoms with Gasteiger partial charge in [-0.05, 0) is 18.9 Å². The van der Waals surface area contributed by atoms with Crippen LogP contribution in [0.15, 0.2) is 12.1 Å². The second-order valence-corrected chi connectivity index (χ2v) is 4.60. The van der Waals surface area contributed by atoms with Gasteiger partial charge in [0.1, 0.15) is 0 Å². The third-order valence-electron chi connectivity index (χ3n) is 3.37. The minimum Gasteiger partial charge on any atom is -0.464 e. The summed E-state index contributed by atoms with van der Waals surface area (Å²) >= 11 is 0. The molecule has 1 aromatic rings. The van der Waals surface area contributed by atoms with Crippen LogP contribution in [0.1, 0.15) is 37.2 Å². The fourth-order valence-corrected chi connectivity index (χ4v) is 1.70. The van der Waals surface area contributed by atoms with Crippen molar-refractivity contribution in [3.8, 4) is 0 Å². The maximum absolute atomic E-state index is 11.4. The summed E-state index contributed by atoms with van der Waals surface area (Å²) in [6.45, 7) is 3.73.